The molecule has 0 aliphatic carbocycles. The van der Waals surface area contributed by atoms with Gasteiger partial charge in [-0.15, -0.1) is 0 Å². The fourth-order valence-electron chi connectivity index (χ4n) is 3.37. The number of hydrogen-bond acceptors (Lipinski definition) is 3. The van der Waals surface area contributed by atoms with E-state index >= 15 is 0 Å². The molecule has 0 aliphatic rings. The molecule has 0 radical (unpaired) electrons. The molecule has 28 heavy (non-hydrogen) atoms. The van der Waals surface area contributed by atoms with Crippen LogP contribution in [0.25, 0.3) is 0 Å². The van der Waals surface area contributed by atoms with Gasteiger partial charge in [0.2, 0.25) is 5.52 Å². The van der Waals surface area contributed by atoms with Crippen LogP contribution in [0.1, 0.15) is 110 Å². The second-order valence-electron chi connectivity index (χ2n) is 9.25. The van der Waals surface area contributed by atoms with Crippen LogP contribution in [0.4, 0.5) is 0 Å². The standard InChI is InChI=1S/C23H47NO3P/c1-5-6-7-8-9-10-11-12-13-14-15-16-17-18-19-20-22(25)28(27)23(26)21-24(2,3)4/h27H,5-21H2,1-4H3/q+1. The lowest BCUT2D eigenvalue weighted by Crippen LogP contribution is -2.39. The molecule has 1 atom stereocenters. The number of carbonyl (C=O) groups excluding carboxylic acids is 2. The topological polar surface area (TPSA) is 54.4 Å². The molecule has 1 N–H and O–H groups in total. The molecular formula is C23H47NO3P+. The van der Waals surface area contributed by atoms with Crippen LogP contribution in [0.5, 0.6) is 0 Å². The van der Waals surface area contributed by atoms with Crippen molar-refractivity contribution in [3.8, 4) is 0 Å². The summed E-state index contributed by atoms with van der Waals surface area (Å²) >= 11 is 0. The average molecular weight is 417 g/mol. The highest BCUT2D eigenvalue weighted by molar-refractivity contribution is 7.84. The van der Waals surface area contributed by atoms with Crippen LogP contribution in [-0.2, 0) is 9.59 Å². The van der Waals surface area contributed by atoms with Gasteiger partial charge in [0.1, 0.15) is 6.54 Å². The number of rotatable bonds is 20. The molecule has 0 rings (SSSR count). The minimum absolute atomic E-state index is 0.215. The molecule has 0 spiro atoms. The Hall–Kier alpha value is -0.310. The zero-order valence-corrected chi connectivity index (χ0v) is 20.1. The second-order valence-corrected chi connectivity index (χ2v) is 10.9. The van der Waals surface area contributed by atoms with Gasteiger partial charge in [0.15, 0.2) is 13.7 Å². The molecule has 5 heteroatoms. The third kappa shape index (κ3) is 17.8. The fourth-order valence-corrected chi connectivity index (χ4v) is 4.57. The first-order chi connectivity index (χ1) is 13.3. The van der Waals surface area contributed by atoms with Gasteiger partial charge in [-0.1, -0.05) is 96.8 Å². The summed E-state index contributed by atoms with van der Waals surface area (Å²) in [5, 5.41) is 0. The lowest BCUT2D eigenvalue weighted by atomic mass is 10.0. The smallest absolute Gasteiger partial charge is 0.242 e. The average Bonchev–Trinajstić information content (AvgIpc) is 2.62. The van der Waals surface area contributed by atoms with E-state index in [9.17, 15) is 14.5 Å². The lowest BCUT2D eigenvalue weighted by molar-refractivity contribution is -0.861. The van der Waals surface area contributed by atoms with Crippen LogP contribution in [-0.4, -0.2) is 48.1 Å². The summed E-state index contributed by atoms with van der Waals surface area (Å²) in [4.78, 5) is 33.8. The number of hydrogen-bond donors (Lipinski definition) is 1. The Kier molecular flexibility index (Phi) is 17.3. The van der Waals surface area contributed by atoms with Gasteiger partial charge in [-0.25, -0.2) is 0 Å². The van der Waals surface area contributed by atoms with E-state index in [1.165, 1.54) is 77.0 Å². The highest BCUT2D eigenvalue weighted by atomic mass is 31.1. The van der Waals surface area contributed by atoms with Gasteiger partial charge in [0.25, 0.3) is 0 Å². The quantitative estimate of drug-likeness (QED) is 0.142. The van der Waals surface area contributed by atoms with Crippen molar-refractivity contribution in [2.45, 2.75) is 110 Å². The molecule has 0 aromatic rings. The minimum Gasteiger partial charge on any atom is -0.360 e. The van der Waals surface area contributed by atoms with Crippen molar-refractivity contribution < 1.29 is 19.0 Å². The van der Waals surface area contributed by atoms with E-state index in [1.54, 1.807) is 0 Å². The van der Waals surface area contributed by atoms with Crippen LogP contribution in [0, 0.1) is 0 Å². The molecular weight excluding hydrogens is 369 g/mol. The highest BCUT2D eigenvalue weighted by Crippen LogP contribution is 2.35. The van der Waals surface area contributed by atoms with E-state index in [4.69, 9.17) is 0 Å². The van der Waals surface area contributed by atoms with Gasteiger partial charge in [-0.3, -0.25) is 9.59 Å². The maximum absolute atomic E-state index is 12.0. The van der Waals surface area contributed by atoms with Gasteiger partial charge < -0.3 is 9.38 Å². The van der Waals surface area contributed by atoms with Crippen molar-refractivity contribution in [1.29, 1.82) is 0 Å². The Bertz CT molecular complexity index is 407. The van der Waals surface area contributed by atoms with E-state index in [0.717, 1.165) is 19.3 Å². The van der Waals surface area contributed by atoms with Crippen molar-refractivity contribution in [3.63, 3.8) is 0 Å². The van der Waals surface area contributed by atoms with E-state index in [0.29, 0.717) is 10.9 Å². The normalized spacial score (nSPS) is 12.9. The molecule has 166 valence electrons. The third-order valence-corrected chi connectivity index (χ3v) is 6.39. The molecule has 0 aromatic heterocycles. The summed E-state index contributed by atoms with van der Waals surface area (Å²) in [5.41, 5.74) is -0.545. The zero-order chi connectivity index (χ0) is 21.3. The molecule has 0 saturated heterocycles. The van der Waals surface area contributed by atoms with E-state index < -0.39 is 8.15 Å². The molecule has 0 fully saturated rings. The van der Waals surface area contributed by atoms with E-state index in [1.807, 2.05) is 21.1 Å². The summed E-state index contributed by atoms with van der Waals surface area (Å²) in [6.45, 7) is 2.48. The van der Waals surface area contributed by atoms with Crippen molar-refractivity contribution in [3.05, 3.63) is 0 Å². The van der Waals surface area contributed by atoms with Gasteiger partial charge in [-0.05, 0) is 6.42 Å². The van der Waals surface area contributed by atoms with Gasteiger partial charge in [-0.2, -0.15) is 0 Å². The Balaban J connectivity index is 3.43. The predicted molar refractivity (Wildman–Crippen MR) is 122 cm³/mol. The first-order valence-electron chi connectivity index (χ1n) is 11.6. The predicted octanol–water partition coefficient (Wildman–Crippen LogP) is 6.40. The fraction of sp³-hybridized carbons (Fsp3) is 0.913. The first-order valence-corrected chi connectivity index (χ1v) is 12.9. The molecule has 0 aliphatic heterocycles. The second kappa shape index (κ2) is 17.5. The lowest BCUT2D eigenvalue weighted by Gasteiger charge is -2.23. The Labute approximate surface area is 175 Å². The number of unbranched alkanes of at least 4 members (excludes halogenated alkanes) is 14. The summed E-state index contributed by atoms with van der Waals surface area (Å²) < 4.78 is 0.449. The maximum Gasteiger partial charge on any atom is 0.242 e. The SMILES string of the molecule is CCCCCCCCCCCCCCCCCC(=O)P(O)C(=O)C[N+](C)(C)C. The largest absolute Gasteiger partial charge is 0.360 e. The maximum atomic E-state index is 12.0. The van der Waals surface area contributed by atoms with Crippen LogP contribution in [0.15, 0.2) is 0 Å². The van der Waals surface area contributed by atoms with E-state index in [-0.39, 0.29) is 17.6 Å². The van der Waals surface area contributed by atoms with Crippen molar-refractivity contribution in [2.24, 2.45) is 0 Å². The van der Waals surface area contributed by atoms with Gasteiger partial charge in [0.05, 0.1) is 21.1 Å². The Morgan fingerprint density at radius 1 is 0.643 bits per heavy atom. The van der Waals surface area contributed by atoms with Crippen LogP contribution in [0.2, 0.25) is 0 Å². The minimum atomic E-state index is -2.10. The van der Waals surface area contributed by atoms with Gasteiger partial charge in [0, 0.05) is 6.42 Å². The zero-order valence-electron chi connectivity index (χ0n) is 19.2. The molecule has 0 saturated carbocycles. The highest BCUT2D eigenvalue weighted by Gasteiger charge is 2.28. The molecule has 0 aromatic carbocycles. The number of nitrogens with zero attached hydrogens (tertiary/aromatic N) is 1. The van der Waals surface area contributed by atoms with E-state index in [2.05, 4.69) is 6.92 Å². The van der Waals surface area contributed by atoms with Crippen molar-refractivity contribution >= 4 is 19.2 Å². The Morgan fingerprint density at radius 2 is 1.00 bits per heavy atom. The van der Waals surface area contributed by atoms with Crippen LogP contribution in [0.3, 0.4) is 0 Å². The number of carbonyl (C=O) groups is 2. The number of likely N-dealkylation sites (N-methyl/N-ethyl adjacent to an activating group) is 1. The monoisotopic (exact) mass is 416 g/mol. The summed E-state index contributed by atoms with van der Waals surface area (Å²) in [6.07, 6.45) is 19.7. The number of quaternary nitrogens is 1. The molecule has 4 nitrogen and oxygen atoms in total. The summed E-state index contributed by atoms with van der Waals surface area (Å²) in [6, 6.07) is 0. The summed E-state index contributed by atoms with van der Waals surface area (Å²) in [5.74, 6) is 0. The first kappa shape index (κ1) is 27.7. The van der Waals surface area contributed by atoms with Crippen molar-refractivity contribution in [2.75, 3.05) is 27.7 Å². The molecule has 0 amide bonds. The van der Waals surface area contributed by atoms with Crippen LogP contribution >= 0.6 is 8.15 Å². The molecule has 0 bridgehead atoms. The Morgan fingerprint density at radius 3 is 1.36 bits per heavy atom. The summed E-state index contributed by atoms with van der Waals surface area (Å²) in [7, 11) is 3.56. The van der Waals surface area contributed by atoms with Gasteiger partial charge >= 0.3 is 0 Å². The molecule has 0 heterocycles. The van der Waals surface area contributed by atoms with Crippen molar-refractivity contribution in [1.82, 2.24) is 0 Å². The van der Waals surface area contributed by atoms with Crippen LogP contribution < -0.4 is 0 Å². The molecule has 1 unspecified atom stereocenters. The third-order valence-electron chi connectivity index (χ3n) is 5.08.